The average Bonchev–Trinajstić information content (AvgIpc) is 3.06. The van der Waals surface area contributed by atoms with Crippen LogP contribution < -0.4 is 15.4 Å². The zero-order chi connectivity index (χ0) is 18.7. The number of rotatable bonds is 5. The van der Waals surface area contributed by atoms with Crippen LogP contribution in [0.15, 0.2) is 36.5 Å². The highest BCUT2D eigenvalue weighted by atomic mass is 16.5. The van der Waals surface area contributed by atoms with Crippen LogP contribution in [0.2, 0.25) is 0 Å². The smallest absolute Gasteiger partial charge is 0.238 e. The number of fused-ring (bicyclic) bond motifs is 1. The molecule has 1 aromatic heterocycles. The van der Waals surface area contributed by atoms with Crippen molar-refractivity contribution in [3.63, 3.8) is 0 Å². The van der Waals surface area contributed by atoms with Crippen molar-refractivity contribution in [3.05, 3.63) is 42.2 Å². The van der Waals surface area contributed by atoms with Gasteiger partial charge < -0.3 is 19.9 Å². The van der Waals surface area contributed by atoms with Gasteiger partial charge in [0, 0.05) is 43.6 Å². The van der Waals surface area contributed by atoms with Crippen molar-refractivity contribution in [2.45, 2.75) is 26.4 Å². The zero-order valence-corrected chi connectivity index (χ0v) is 15.3. The van der Waals surface area contributed by atoms with Gasteiger partial charge in [0.05, 0.1) is 19.3 Å². The maximum absolute atomic E-state index is 12.6. The molecule has 1 aromatic carbocycles. The SMILES string of the molecule is COc1ccc(NC(C)=O)cc1NC(=O)CN1CCn2cccc2[C@H]1C. The molecule has 2 aromatic rings. The molecule has 1 aliphatic heterocycles. The molecule has 0 bridgehead atoms. The number of carbonyl (C=O) groups excluding carboxylic acids is 2. The van der Waals surface area contributed by atoms with Crippen LogP contribution in [0.25, 0.3) is 0 Å². The Labute approximate surface area is 152 Å². The number of nitrogens with one attached hydrogen (secondary N) is 2. The average molecular weight is 356 g/mol. The lowest BCUT2D eigenvalue weighted by Crippen LogP contribution is -2.41. The molecule has 0 radical (unpaired) electrons. The summed E-state index contributed by atoms with van der Waals surface area (Å²) in [6, 6.07) is 9.46. The van der Waals surface area contributed by atoms with Gasteiger partial charge in [-0.15, -0.1) is 0 Å². The molecule has 2 N–H and O–H groups in total. The lowest BCUT2D eigenvalue weighted by atomic mass is 10.1. The first-order valence-electron chi connectivity index (χ1n) is 8.62. The van der Waals surface area contributed by atoms with Crippen LogP contribution in [0.4, 0.5) is 11.4 Å². The number of ether oxygens (including phenoxy) is 1. The van der Waals surface area contributed by atoms with E-state index in [1.54, 1.807) is 25.3 Å². The third kappa shape index (κ3) is 3.88. The Morgan fingerprint density at radius 3 is 2.77 bits per heavy atom. The number of anilines is 2. The summed E-state index contributed by atoms with van der Waals surface area (Å²) in [5.74, 6) is 0.265. The molecule has 26 heavy (non-hydrogen) atoms. The van der Waals surface area contributed by atoms with E-state index in [-0.39, 0.29) is 17.9 Å². The highest BCUT2D eigenvalue weighted by Gasteiger charge is 2.25. The lowest BCUT2D eigenvalue weighted by molar-refractivity contribution is -0.118. The fraction of sp³-hybridized carbons (Fsp3) is 0.368. The van der Waals surface area contributed by atoms with E-state index in [4.69, 9.17) is 4.74 Å². The van der Waals surface area contributed by atoms with E-state index in [9.17, 15) is 9.59 Å². The van der Waals surface area contributed by atoms with Crippen molar-refractivity contribution in [1.29, 1.82) is 0 Å². The third-order valence-corrected chi connectivity index (χ3v) is 4.61. The molecule has 2 heterocycles. The van der Waals surface area contributed by atoms with Gasteiger partial charge in [0.25, 0.3) is 0 Å². The Bertz CT molecular complexity index is 815. The fourth-order valence-corrected chi connectivity index (χ4v) is 3.30. The zero-order valence-electron chi connectivity index (χ0n) is 15.3. The van der Waals surface area contributed by atoms with Crippen molar-refractivity contribution in [1.82, 2.24) is 9.47 Å². The van der Waals surface area contributed by atoms with Crippen LogP contribution in [0.1, 0.15) is 25.6 Å². The predicted octanol–water partition coefficient (Wildman–Crippen LogP) is 2.47. The van der Waals surface area contributed by atoms with Crippen LogP contribution in [0.3, 0.4) is 0 Å². The van der Waals surface area contributed by atoms with Gasteiger partial charge in [-0.05, 0) is 37.3 Å². The number of benzene rings is 1. The predicted molar refractivity (Wildman–Crippen MR) is 100 cm³/mol. The number of hydrogen-bond acceptors (Lipinski definition) is 4. The minimum Gasteiger partial charge on any atom is -0.495 e. The number of nitrogens with zero attached hydrogens (tertiary/aromatic N) is 2. The number of amides is 2. The first kappa shape index (κ1) is 18.0. The van der Waals surface area contributed by atoms with Crippen molar-refractivity contribution < 1.29 is 14.3 Å². The van der Waals surface area contributed by atoms with Crippen molar-refractivity contribution in [2.24, 2.45) is 0 Å². The second-order valence-electron chi connectivity index (χ2n) is 6.42. The summed E-state index contributed by atoms with van der Waals surface area (Å²) in [6.45, 7) is 5.53. The van der Waals surface area contributed by atoms with Gasteiger partial charge in [0.2, 0.25) is 11.8 Å². The highest BCUT2D eigenvalue weighted by molar-refractivity contribution is 5.95. The number of carbonyl (C=O) groups is 2. The van der Waals surface area contributed by atoms with Crippen LogP contribution >= 0.6 is 0 Å². The molecular weight excluding hydrogens is 332 g/mol. The normalized spacial score (nSPS) is 16.7. The molecular formula is C19H24N4O3. The van der Waals surface area contributed by atoms with Gasteiger partial charge in [0.15, 0.2) is 0 Å². The van der Waals surface area contributed by atoms with Crippen molar-refractivity contribution >= 4 is 23.2 Å². The molecule has 0 aliphatic carbocycles. The van der Waals surface area contributed by atoms with E-state index in [2.05, 4.69) is 39.3 Å². The largest absolute Gasteiger partial charge is 0.495 e. The Morgan fingerprint density at radius 2 is 2.04 bits per heavy atom. The molecule has 1 atom stereocenters. The highest BCUT2D eigenvalue weighted by Crippen LogP contribution is 2.29. The van der Waals surface area contributed by atoms with Gasteiger partial charge in [-0.25, -0.2) is 0 Å². The topological polar surface area (TPSA) is 75.6 Å². The molecule has 2 amide bonds. The summed E-state index contributed by atoms with van der Waals surface area (Å²) in [7, 11) is 1.55. The van der Waals surface area contributed by atoms with Crippen LogP contribution in [0, 0.1) is 0 Å². The summed E-state index contributed by atoms with van der Waals surface area (Å²) in [4.78, 5) is 26.0. The molecule has 7 nitrogen and oxygen atoms in total. The van der Waals surface area contributed by atoms with E-state index in [1.165, 1.54) is 12.6 Å². The summed E-state index contributed by atoms with van der Waals surface area (Å²) < 4.78 is 7.53. The molecule has 0 saturated heterocycles. The van der Waals surface area contributed by atoms with E-state index in [0.29, 0.717) is 23.7 Å². The van der Waals surface area contributed by atoms with Crippen LogP contribution in [-0.4, -0.2) is 41.5 Å². The summed E-state index contributed by atoms with van der Waals surface area (Å²) in [5, 5.41) is 5.60. The molecule has 0 unspecified atom stereocenters. The minimum atomic E-state index is -0.169. The first-order valence-corrected chi connectivity index (χ1v) is 8.62. The number of aromatic nitrogens is 1. The lowest BCUT2D eigenvalue weighted by Gasteiger charge is -2.34. The maximum Gasteiger partial charge on any atom is 0.238 e. The molecule has 0 saturated carbocycles. The Kier molecular flexibility index (Phi) is 5.27. The number of methoxy groups -OCH3 is 1. The first-order chi connectivity index (χ1) is 12.5. The summed E-state index contributed by atoms with van der Waals surface area (Å²) in [5.41, 5.74) is 2.36. The molecule has 0 spiro atoms. The quantitative estimate of drug-likeness (QED) is 0.863. The summed E-state index contributed by atoms with van der Waals surface area (Å²) in [6.07, 6.45) is 2.07. The second kappa shape index (κ2) is 7.61. The second-order valence-corrected chi connectivity index (χ2v) is 6.42. The maximum atomic E-state index is 12.6. The molecule has 3 rings (SSSR count). The molecule has 138 valence electrons. The summed E-state index contributed by atoms with van der Waals surface area (Å²) >= 11 is 0. The minimum absolute atomic E-state index is 0.116. The van der Waals surface area contributed by atoms with E-state index >= 15 is 0 Å². The van der Waals surface area contributed by atoms with Gasteiger partial charge >= 0.3 is 0 Å². The van der Waals surface area contributed by atoms with E-state index in [1.807, 2.05) is 6.07 Å². The van der Waals surface area contributed by atoms with Crippen molar-refractivity contribution in [2.75, 3.05) is 30.8 Å². The standard InChI is InChI=1S/C19H24N4O3/c1-13-17-5-4-8-22(17)9-10-23(13)12-19(25)21-16-11-15(20-14(2)24)6-7-18(16)26-3/h4-8,11,13H,9-10,12H2,1-3H3,(H,20,24)(H,21,25)/t13-/m1/s1. The van der Waals surface area contributed by atoms with Gasteiger partial charge in [0.1, 0.15) is 5.75 Å². The Balaban J connectivity index is 1.69. The number of hydrogen-bond donors (Lipinski definition) is 2. The fourth-order valence-electron chi connectivity index (χ4n) is 3.30. The Hall–Kier alpha value is -2.80. The molecule has 7 heteroatoms. The van der Waals surface area contributed by atoms with E-state index < -0.39 is 0 Å². The van der Waals surface area contributed by atoms with Gasteiger partial charge in [-0.2, -0.15) is 0 Å². The Morgan fingerprint density at radius 1 is 1.23 bits per heavy atom. The van der Waals surface area contributed by atoms with Crippen molar-refractivity contribution in [3.8, 4) is 5.75 Å². The van der Waals surface area contributed by atoms with Crippen LogP contribution in [0.5, 0.6) is 5.75 Å². The molecule has 0 fully saturated rings. The molecule has 1 aliphatic rings. The van der Waals surface area contributed by atoms with E-state index in [0.717, 1.165) is 13.1 Å². The third-order valence-electron chi connectivity index (χ3n) is 4.61. The van der Waals surface area contributed by atoms with Gasteiger partial charge in [-0.1, -0.05) is 0 Å². The van der Waals surface area contributed by atoms with Gasteiger partial charge in [-0.3, -0.25) is 14.5 Å². The van der Waals surface area contributed by atoms with Crippen LogP contribution in [-0.2, 0) is 16.1 Å². The monoisotopic (exact) mass is 356 g/mol.